The monoisotopic (exact) mass is 687 g/mol. The van der Waals surface area contributed by atoms with Crippen LogP contribution in [0.1, 0.15) is 22.8 Å². The van der Waals surface area contributed by atoms with Crippen LogP contribution in [-0.4, -0.2) is 72.9 Å². The fraction of sp³-hybridized carbons (Fsp3) is 0.212. The number of aliphatic imine (C=N–C) groups is 1. The Balaban J connectivity index is 1.34. The van der Waals surface area contributed by atoms with Crippen molar-refractivity contribution >= 4 is 59.3 Å². The lowest BCUT2D eigenvalue weighted by Gasteiger charge is -2.54. The quantitative estimate of drug-likeness (QED) is 0.0716. The molecule has 0 spiro atoms. The standard InChI is InChI=1S/C33H30ClN7O4S2/c1-40-32(36-38-39-40)47-21-25-20-46-31-33(37-44-2,35-19-26(34)18-22-12-6-3-7-13-22)30(43)41(31)27(25)29(42)45-28(23-14-8-4-9-15-23)24-16-10-5-11-17-24/h3-19,28,31,37H,20-21H2,1-2H3/t31-,33-/m0/s1. The Morgan fingerprint density at radius 1 is 1.11 bits per heavy atom. The minimum Gasteiger partial charge on any atom is -0.448 e. The van der Waals surface area contributed by atoms with E-state index in [1.807, 2.05) is 91.0 Å². The van der Waals surface area contributed by atoms with Crippen molar-refractivity contribution in [3.05, 3.63) is 124 Å². The molecular formula is C33H30ClN7O4S2. The summed E-state index contributed by atoms with van der Waals surface area (Å²) in [5.41, 5.74) is 4.60. The molecule has 240 valence electrons. The molecule has 11 nitrogen and oxygen atoms in total. The second-order valence-corrected chi connectivity index (χ2v) is 13.0. The Bertz CT molecular complexity index is 1780. The number of carbonyl (C=O) groups is 2. The molecule has 1 N–H and O–H groups in total. The lowest BCUT2D eigenvalue weighted by Crippen LogP contribution is -2.78. The Kier molecular flexibility index (Phi) is 10.2. The third-order valence-corrected chi connectivity index (χ3v) is 10.1. The number of nitrogens with zero attached hydrogens (tertiary/aromatic N) is 6. The Morgan fingerprint density at radius 3 is 2.34 bits per heavy atom. The number of hydrogen-bond acceptors (Lipinski definition) is 11. The van der Waals surface area contributed by atoms with Crippen molar-refractivity contribution in [2.75, 3.05) is 18.6 Å². The number of nitrogens with one attached hydrogen (secondary N) is 1. The van der Waals surface area contributed by atoms with Crippen molar-refractivity contribution in [1.29, 1.82) is 0 Å². The number of ether oxygens (including phenoxy) is 1. The zero-order chi connectivity index (χ0) is 32.8. The molecular weight excluding hydrogens is 658 g/mol. The largest absolute Gasteiger partial charge is 0.448 e. The maximum atomic E-state index is 14.3. The van der Waals surface area contributed by atoms with Gasteiger partial charge in [0.15, 0.2) is 6.10 Å². The van der Waals surface area contributed by atoms with Gasteiger partial charge in [0.25, 0.3) is 5.91 Å². The van der Waals surface area contributed by atoms with Crippen molar-refractivity contribution in [2.45, 2.75) is 22.3 Å². The number of β-lactam (4-membered cyclic amide) rings is 1. The molecule has 4 aromatic rings. The zero-order valence-electron chi connectivity index (χ0n) is 25.4. The minimum atomic E-state index is -1.53. The first-order chi connectivity index (χ1) is 22.9. The molecule has 6 rings (SSSR count). The van der Waals surface area contributed by atoms with Crippen LogP contribution in [0.15, 0.2) is 117 Å². The Labute approximate surface area is 285 Å². The van der Waals surface area contributed by atoms with E-state index in [0.29, 0.717) is 27.3 Å². The number of hydrogen-bond donors (Lipinski definition) is 1. The predicted octanol–water partition coefficient (Wildman–Crippen LogP) is 5.00. The number of amides is 1. The fourth-order valence-electron chi connectivity index (χ4n) is 5.25. The van der Waals surface area contributed by atoms with Crippen molar-refractivity contribution in [3.8, 4) is 0 Å². The molecule has 1 amide bonds. The molecule has 0 aliphatic carbocycles. The molecule has 2 atom stereocenters. The van der Waals surface area contributed by atoms with E-state index in [1.165, 1.54) is 41.7 Å². The van der Waals surface area contributed by atoms with Gasteiger partial charge in [-0.2, -0.15) is 5.48 Å². The van der Waals surface area contributed by atoms with Crippen LogP contribution in [0.2, 0.25) is 0 Å². The summed E-state index contributed by atoms with van der Waals surface area (Å²) >= 11 is 9.32. The van der Waals surface area contributed by atoms with Crippen molar-refractivity contribution in [1.82, 2.24) is 30.6 Å². The van der Waals surface area contributed by atoms with E-state index in [1.54, 1.807) is 17.8 Å². The molecule has 1 fully saturated rings. The van der Waals surface area contributed by atoms with E-state index in [4.69, 9.17) is 21.2 Å². The smallest absolute Gasteiger partial charge is 0.356 e. The van der Waals surface area contributed by atoms with Gasteiger partial charge in [0.05, 0.1) is 12.1 Å². The van der Waals surface area contributed by atoms with Gasteiger partial charge >= 0.3 is 5.97 Å². The second-order valence-electron chi connectivity index (χ2n) is 10.5. The second kappa shape index (κ2) is 14.7. The number of halogens is 1. The molecule has 0 bridgehead atoms. The maximum absolute atomic E-state index is 14.3. The first-order valence-electron chi connectivity index (χ1n) is 14.5. The van der Waals surface area contributed by atoms with Crippen molar-refractivity contribution < 1.29 is 19.2 Å². The number of thioether (sulfide) groups is 2. The number of esters is 1. The molecule has 1 aromatic heterocycles. The molecule has 2 aliphatic heterocycles. The molecule has 0 unspecified atom stereocenters. The molecule has 14 heteroatoms. The minimum absolute atomic E-state index is 0.160. The van der Waals surface area contributed by atoms with Crippen LogP contribution in [0.4, 0.5) is 0 Å². The van der Waals surface area contributed by atoms with Crippen molar-refractivity contribution in [3.63, 3.8) is 0 Å². The SMILES string of the molecule is CON[C@@]1(N=CC(Cl)=Cc2ccccc2)C(=O)N2C(C(=O)OC(c3ccccc3)c3ccccc3)=C(CSc3nnnn3C)CS[C@H]21. The first-order valence-corrected chi connectivity index (χ1v) is 16.9. The summed E-state index contributed by atoms with van der Waals surface area (Å²) in [4.78, 5) is 39.8. The first kappa shape index (κ1) is 32.7. The molecule has 3 heterocycles. The number of benzene rings is 3. The molecule has 0 radical (unpaired) electrons. The number of fused-ring (bicyclic) bond motifs is 1. The number of hydroxylamine groups is 1. The van der Waals surface area contributed by atoms with Gasteiger partial charge in [0.2, 0.25) is 10.8 Å². The van der Waals surface area contributed by atoms with E-state index in [-0.39, 0.29) is 5.70 Å². The highest BCUT2D eigenvalue weighted by atomic mass is 35.5. The number of rotatable bonds is 12. The average molecular weight is 688 g/mol. The molecule has 0 saturated carbocycles. The highest BCUT2D eigenvalue weighted by Crippen LogP contribution is 2.48. The topological polar surface area (TPSA) is 124 Å². The van der Waals surface area contributed by atoms with E-state index >= 15 is 0 Å². The molecule has 2 aliphatic rings. The molecule has 3 aromatic carbocycles. The number of carbonyl (C=O) groups excluding carboxylic acids is 2. The van der Waals surface area contributed by atoms with Gasteiger partial charge in [-0.25, -0.2) is 9.48 Å². The van der Waals surface area contributed by atoms with Crippen LogP contribution < -0.4 is 5.48 Å². The summed E-state index contributed by atoms with van der Waals surface area (Å²) in [5.74, 6) is -0.356. The summed E-state index contributed by atoms with van der Waals surface area (Å²) in [6.45, 7) is 0. The number of aromatic nitrogens is 4. The van der Waals surface area contributed by atoms with Crippen LogP contribution in [0, 0.1) is 0 Å². The van der Waals surface area contributed by atoms with E-state index in [0.717, 1.165) is 16.7 Å². The maximum Gasteiger partial charge on any atom is 0.356 e. The van der Waals surface area contributed by atoms with Crippen LogP contribution in [0.5, 0.6) is 0 Å². The fourth-order valence-corrected chi connectivity index (χ4v) is 7.81. The van der Waals surface area contributed by atoms with E-state index in [2.05, 4.69) is 26.0 Å². The zero-order valence-corrected chi connectivity index (χ0v) is 27.8. The van der Waals surface area contributed by atoms with Crippen LogP contribution in [0.25, 0.3) is 6.08 Å². The Hall–Kier alpha value is -4.27. The summed E-state index contributed by atoms with van der Waals surface area (Å²) in [6.07, 6.45) is 2.46. The molecule has 47 heavy (non-hydrogen) atoms. The average Bonchev–Trinajstić information content (AvgIpc) is 3.52. The highest BCUT2D eigenvalue weighted by molar-refractivity contribution is 8.01. The lowest BCUT2D eigenvalue weighted by atomic mass is 9.96. The number of aryl methyl sites for hydroxylation is 1. The molecule has 1 saturated heterocycles. The summed E-state index contributed by atoms with van der Waals surface area (Å²) < 4.78 is 7.82. The van der Waals surface area contributed by atoms with Gasteiger partial charge in [-0.1, -0.05) is 114 Å². The summed E-state index contributed by atoms with van der Waals surface area (Å²) in [7, 11) is 3.15. The van der Waals surface area contributed by atoms with Gasteiger partial charge in [-0.3, -0.25) is 14.7 Å². The summed E-state index contributed by atoms with van der Waals surface area (Å²) in [5, 5.41) is 11.9. The van der Waals surface area contributed by atoms with Crippen LogP contribution >= 0.6 is 35.1 Å². The highest BCUT2D eigenvalue weighted by Gasteiger charge is 2.65. The predicted molar refractivity (Wildman–Crippen MR) is 182 cm³/mol. The third-order valence-electron chi connectivity index (χ3n) is 7.46. The third kappa shape index (κ3) is 6.90. The normalized spacial score (nSPS) is 19.7. The Morgan fingerprint density at radius 2 is 1.74 bits per heavy atom. The van der Waals surface area contributed by atoms with Crippen LogP contribution in [0.3, 0.4) is 0 Å². The van der Waals surface area contributed by atoms with E-state index < -0.39 is 29.0 Å². The van der Waals surface area contributed by atoms with Gasteiger partial charge in [-0.15, -0.1) is 16.9 Å². The van der Waals surface area contributed by atoms with Gasteiger partial charge in [-0.05, 0) is 38.8 Å². The van der Waals surface area contributed by atoms with Gasteiger partial charge in [0, 0.05) is 24.8 Å². The van der Waals surface area contributed by atoms with Crippen LogP contribution in [-0.2, 0) is 26.2 Å². The number of allylic oxidation sites excluding steroid dienone is 1. The van der Waals surface area contributed by atoms with Gasteiger partial charge < -0.3 is 9.57 Å². The van der Waals surface area contributed by atoms with E-state index in [9.17, 15) is 9.59 Å². The summed E-state index contributed by atoms with van der Waals surface area (Å²) in [6, 6.07) is 28.5. The van der Waals surface area contributed by atoms with Gasteiger partial charge in [0.1, 0.15) is 11.1 Å². The number of tetrazole rings is 1. The lowest BCUT2D eigenvalue weighted by molar-refractivity contribution is -0.168. The van der Waals surface area contributed by atoms with Crippen molar-refractivity contribution in [2.24, 2.45) is 12.0 Å².